The van der Waals surface area contributed by atoms with Gasteiger partial charge in [0.1, 0.15) is 17.6 Å². The number of sulfonamides is 1. The number of oxazole rings is 1. The summed E-state index contributed by atoms with van der Waals surface area (Å²) in [6.07, 6.45) is 1.29. The molecule has 112 valence electrons. The molecule has 0 spiro atoms. The summed E-state index contributed by atoms with van der Waals surface area (Å²) in [6.45, 7) is 1.64. The van der Waals surface area contributed by atoms with E-state index in [1.54, 1.807) is 6.92 Å². The minimum absolute atomic E-state index is 0.0634. The van der Waals surface area contributed by atoms with Crippen LogP contribution in [0, 0.1) is 6.92 Å². The molecule has 0 fully saturated rings. The van der Waals surface area contributed by atoms with Crippen molar-refractivity contribution in [2.75, 3.05) is 11.8 Å². The molecule has 0 aliphatic rings. The maximum Gasteiger partial charge on any atom is 0.339 e. The highest BCUT2D eigenvalue weighted by Crippen LogP contribution is 2.23. The molecular formula is C12H12N2O6S. The van der Waals surface area contributed by atoms with Gasteiger partial charge < -0.3 is 14.3 Å². The number of carboxylic acid groups (broad SMARTS) is 1. The second kappa shape index (κ2) is 5.44. The van der Waals surface area contributed by atoms with E-state index in [4.69, 9.17) is 14.3 Å². The minimum Gasteiger partial charge on any atom is -0.496 e. The fraction of sp³-hybridized carbons (Fsp3) is 0.167. The zero-order chi connectivity index (χ0) is 15.6. The molecule has 0 atom stereocenters. The van der Waals surface area contributed by atoms with Gasteiger partial charge >= 0.3 is 12.0 Å². The smallest absolute Gasteiger partial charge is 0.339 e. The molecule has 0 aliphatic carbocycles. The van der Waals surface area contributed by atoms with Gasteiger partial charge in [-0.05, 0) is 25.1 Å². The topological polar surface area (TPSA) is 119 Å². The second-order valence-corrected chi connectivity index (χ2v) is 5.75. The molecule has 9 heteroatoms. The van der Waals surface area contributed by atoms with Crippen molar-refractivity contribution in [3.05, 3.63) is 35.7 Å². The first-order valence-electron chi connectivity index (χ1n) is 5.70. The molecule has 0 saturated carbocycles. The quantitative estimate of drug-likeness (QED) is 0.858. The summed E-state index contributed by atoms with van der Waals surface area (Å²) in [5.41, 5.74) is 0.248. The number of hydrogen-bond acceptors (Lipinski definition) is 6. The Labute approximate surface area is 120 Å². The predicted molar refractivity (Wildman–Crippen MR) is 72.0 cm³/mol. The summed E-state index contributed by atoms with van der Waals surface area (Å²) in [6, 6.07) is 3.29. The van der Waals surface area contributed by atoms with Gasteiger partial charge in [0, 0.05) is 0 Å². The van der Waals surface area contributed by atoms with Gasteiger partial charge in [-0.1, -0.05) is 0 Å². The molecule has 0 radical (unpaired) electrons. The lowest BCUT2D eigenvalue weighted by Crippen LogP contribution is -2.14. The molecule has 0 aliphatic heterocycles. The van der Waals surface area contributed by atoms with Crippen LogP contribution in [0.3, 0.4) is 0 Å². The molecule has 2 rings (SSSR count). The molecular weight excluding hydrogens is 300 g/mol. The van der Waals surface area contributed by atoms with E-state index < -0.39 is 16.0 Å². The zero-order valence-corrected chi connectivity index (χ0v) is 12.0. The van der Waals surface area contributed by atoms with Gasteiger partial charge in [-0.25, -0.2) is 17.9 Å². The van der Waals surface area contributed by atoms with E-state index in [9.17, 15) is 13.2 Å². The lowest BCUT2D eigenvalue weighted by atomic mass is 10.2. The Morgan fingerprint density at radius 3 is 2.67 bits per heavy atom. The first kappa shape index (κ1) is 14.9. The molecule has 1 heterocycles. The van der Waals surface area contributed by atoms with Crippen LogP contribution in [0.1, 0.15) is 16.1 Å². The highest BCUT2D eigenvalue weighted by Gasteiger charge is 2.21. The number of methoxy groups -OCH3 is 1. The van der Waals surface area contributed by atoms with E-state index in [-0.39, 0.29) is 22.2 Å². The second-order valence-electron chi connectivity index (χ2n) is 4.07. The number of aromatic nitrogens is 1. The Hall–Kier alpha value is -2.55. The van der Waals surface area contributed by atoms with E-state index >= 15 is 0 Å². The molecule has 0 saturated heterocycles. The average molecular weight is 312 g/mol. The van der Waals surface area contributed by atoms with Crippen molar-refractivity contribution < 1.29 is 27.5 Å². The standard InChI is InChI=1S/C12H12N2O6S/c1-7-6-20-12(13-7)14-21(17,18)8-3-4-10(19-2)9(5-8)11(15)16/h3-6H,1-2H3,(H,13,14)(H,15,16). The van der Waals surface area contributed by atoms with E-state index in [2.05, 4.69) is 9.71 Å². The molecule has 8 nitrogen and oxygen atoms in total. The fourth-order valence-corrected chi connectivity index (χ4v) is 2.56. The Balaban J connectivity index is 2.40. The van der Waals surface area contributed by atoms with Gasteiger partial charge in [0.05, 0.1) is 17.7 Å². The van der Waals surface area contributed by atoms with Crippen LogP contribution in [-0.4, -0.2) is 31.6 Å². The van der Waals surface area contributed by atoms with E-state index in [1.165, 1.54) is 25.5 Å². The molecule has 1 aromatic carbocycles. The molecule has 1 aromatic heterocycles. The minimum atomic E-state index is -4.01. The Bertz CT molecular complexity index is 781. The number of nitrogens with one attached hydrogen (secondary N) is 1. The van der Waals surface area contributed by atoms with E-state index in [0.29, 0.717) is 5.69 Å². The monoisotopic (exact) mass is 312 g/mol. The summed E-state index contributed by atoms with van der Waals surface area (Å²) in [5.74, 6) is -1.23. The zero-order valence-electron chi connectivity index (χ0n) is 11.2. The number of rotatable bonds is 5. The summed E-state index contributed by atoms with van der Waals surface area (Å²) in [7, 11) is -2.71. The van der Waals surface area contributed by atoms with Crippen molar-refractivity contribution in [3.8, 4) is 5.75 Å². The lowest BCUT2D eigenvalue weighted by molar-refractivity contribution is 0.0693. The number of benzene rings is 1. The van der Waals surface area contributed by atoms with E-state index in [0.717, 1.165) is 6.07 Å². The van der Waals surface area contributed by atoms with Crippen molar-refractivity contribution in [1.82, 2.24) is 4.98 Å². The van der Waals surface area contributed by atoms with Gasteiger partial charge in [0.15, 0.2) is 0 Å². The molecule has 0 bridgehead atoms. The van der Waals surface area contributed by atoms with Crippen molar-refractivity contribution >= 4 is 22.0 Å². The van der Waals surface area contributed by atoms with Crippen molar-refractivity contribution in [2.45, 2.75) is 11.8 Å². The van der Waals surface area contributed by atoms with Crippen LogP contribution in [0.25, 0.3) is 0 Å². The van der Waals surface area contributed by atoms with Gasteiger partial charge in [0.2, 0.25) is 0 Å². The molecule has 21 heavy (non-hydrogen) atoms. The first-order valence-corrected chi connectivity index (χ1v) is 7.18. The van der Waals surface area contributed by atoms with Gasteiger partial charge in [-0.15, -0.1) is 0 Å². The van der Waals surface area contributed by atoms with Crippen LogP contribution in [0.2, 0.25) is 0 Å². The maximum absolute atomic E-state index is 12.1. The number of hydrogen-bond donors (Lipinski definition) is 2. The first-order chi connectivity index (χ1) is 9.83. The van der Waals surface area contributed by atoms with Crippen LogP contribution in [0.15, 0.2) is 33.8 Å². The SMILES string of the molecule is COc1ccc(S(=O)(=O)Nc2nc(C)co2)cc1C(=O)O. The van der Waals surface area contributed by atoms with Gasteiger partial charge in [0.25, 0.3) is 10.0 Å². The average Bonchev–Trinajstić information content (AvgIpc) is 2.82. The number of carboxylic acids is 1. The van der Waals surface area contributed by atoms with Crippen LogP contribution in [-0.2, 0) is 10.0 Å². The number of nitrogens with zero attached hydrogens (tertiary/aromatic N) is 1. The fourth-order valence-electron chi connectivity index (χ4n) is 1.60. The van der Waals surface area contributed by atoms with Gasteiger partial charge in [-0.3, -0.25) is 0 Å². The Morgan fingerprint density at radius 1 is 1.43 bits per heavy atom. The third-order valence-electron chi connectivity index (χ3n) is 2.55. The van der Waals surface area contributed by atoms with Crippen LogP contribution < -0.4 is 9.46 Å². The molecule has 0 unspecified atom stereocenters. The van der Waals surface area contributed by atoms with Crippen molar-refractivity contribution in [1.29, 1.82) is 0 Å². The van der Waals surface area contributed by atoms with Crippen LogP contribution in [0.4, 0.5) is 6.01 Å². The number of ether oxygens (including phenoxy) is 1. The highest BCUT2D eigenvalue weighted by molar-refractivity contribution is 7.92. The van der Waals surface area contributed by atoms with Crippen LogP contribution >= 0.6 is 0 Å². The summed E-state index contributed by atoms with van der Waals surface area (Å²) >= 11 is 0. The Kier molecular flexibility index (Phi) is 3.85. The molecule has 2 aromatic rings. The number of aromatic carboxylic acids is 1. The van der Waals surface area contributed by atoms with E-state index in [1.807, 2.05) is 0 Å². The summed E-state index contributed by atoms with van der Waals surface area (Å²) in [5, 5.41) is 9.05. The summed E-state index contributed by atoms with van der Waals surface area (Å²) in [4.78, 5) is 14.7. The summed E-state index contributed by atoms with van der Waals surface area (Å²) < 4.78 is 36.2. The van der Waals surface area contributed by atoms with Crippen molar-refractivity contribution in [3.63, 3.8) is 0 Å². The number of carbonyl (C=O) groups is 1. The Morgan fingerprint density at radius 2 is 2.14 bits per heavy atom. The normalized spacial score (nSPS) is 11.1. The maximum atomic E-state index is 12.1. The van der Waals surface area contributed by atoms with Crippen LogP contribution in [0.5, 0.6) is 5.75 Å². The lowest BCUT2D eigenvalue weighted by Gasteiger charge is -2.08. The largest absolute Gasteiger partial charge is 0.496 e. The predicted octanol–water partition coefficient (Wildman–Crippen LogP) is 1.49. The number of anilines is 1. The third-order valence-corrected chi connectivity index (χ3v) is 3.87. The molecule has 0 amide bonds. The van der Waals surface area contributed by atoms with Gasteiger partial charge in [-0.2, -0.15) is 4.98 Å². The number of aryl methyl sites for hydroxylation is 1. The third kappa shape index (κ3) is 3.14. The van der Waals surface area contributed by atoms with Crippen molar-refractivity contribution in [2.24, 2.45) is 0 Å². The molecule has 2 N–H and O–H groups in total. The highest BCUT2D eigenvalue weighted by atomic mass is 32.2.